The first-order chi connectivity index (χ1) is 9.26. The number of thiazole rings is 1. The molecule has 0 saturated carbocycles. The van der Waals surface area contributed by atoms with Gasteiger partial charge < -0.3 is 0 Å². The van der Waals surface area contributed by atoms with Crippen molar-refractivity contribution < 1.29 is 0 Å². The Morgan fingerprint density at radius 3 is 2.84 bits per heavy atom. The lowest BCUT2D eigenvalue weighted by Gasteiger charge is -2.01. The van der Waals surface area contributed by atoms with Crippen LogP contribution < -0.4 is 0 Å². The van der Waals surface area contributed by atoms with Crippen molar-refractivity contribution in [3.8, 4) is 6.07 Å². The molecular weight excluding hydrogens is 272 g/mol. The Morgan fingerprint density at radius 1 is 1.21 bits per heavy atom. The first kappa shape index (κ1) is 12.2. The topological polar surface area (TPSA) is 36.7 Å². The monoisotopic (exact) mass is 282 g/mol. The molecule has 2 aromatic carbocycles. The molecule has 1 aromatic heterocycles. The zero-order chi connectivity index (χ0) is 13.2. The van der Waals surface area contributed by atoms with Gasteiger partial charge in [0.2, 0.25) is 0 Å². The van der Waals surface area contributed by atoms with E-state index in [1.165, 1.54) is 4.70 Å². The largest absolute Gasteiger partial charge is 0.229 e. The molecule has 3 aromatic rings. The summed E-state index contributed by atoms with van der Waals surface area (Å²) < 4.78 is 2.15. The van der Waals surface area contributed by atoms with Crippen LogP contribution in [0.15, 0.2) is 51.7 Å². The number of aromatic nitrogens is 1. The molecule has 0 unspecified atom stereocenters. The van der Waals surface area contributed by atoms with Crippen LogP contribution in [-0.2, 0) is 0 Å². The second-order valence-electron chi connectivity index (χ2n) is 4.16. The number of rotatable bonds is 2. The van der Waals surface area contributed by atoms with Crippen LogP contribution in [0.3, 0.4) is 0 Å². The van der Waals surface area contributed by atoms with Gasteiger partial charge in [0.25, 0.3) is 0 Å². The quantitative estimate of drug-likeness (QED) is 0.687. The number of para-hydroxylation sites is 1. The highest BCUT2D eigenvalue weighted by Crippen LogP contribution is 2.35. The van der Waals surface area contributed by atoms with Crippen LogP contribution in [0.1, 0.15) is 11.1 Å². The molecule has 0 aliphatic rings. The Bertz CT molecular complexity index is 751. The Labute approximate surface area is 119 Å². The third-order valence-electron chi connectivity index (χ3n) is 2.73. The number of aryl methyl sites for hydroxylation is 1. The molecule has 0 bridgehead atoms. The normalized spacial score (nSPS) is 10.5. The molecule has 0 aliphatic heterocycles. The predicted molar refractivity (Wildman–Crippen MR) is 79.6 cm³/mol. The van der Waals surface area contributed by atoms with Crippen molar-refractivity contribution in [1.82, 2.24) is 4.98 Å². The fourth-order valence-electron chi connectivity index (χ4n) is 1.81. The second kappa shape index (κ2) is 5.04. The fourth-order valence-corrected chi connectivity index (χ4v) is 3.89. The number of hydrogen-bond acceptors (Lipinski definition) is 4. The van der Waals surface area contributed by atoms with E-state index in [0.29, 0.717) is 5.56 Å². The van der Waals surface area contributed by atoms with Gasteiger partial charge in [-0.15, -0.1) is 11.3 Å². The molecule has 0 radical (unpaired) electrons. The van der Waals surface area contributed by atoms with Crippen molar-refractivity contribution in [3.05, 3.63) is 53.6 Å². The lowest BCUT2D eigenvalue weighted by atomic mass is 10.2. The molecule has 0 N–H and O–H groups in total. The maximum atomic E-state index is 9.18. The lowest BCUT2D eigenvalue weighted by Crippen LogP contribution is -1.82. The minimum Gasteiger partial charge on any atom is -0.229 e. The molecule has 4 heteroatoms. The summed E-state index contributed by atoms with van der Waals surface area (Å²) in [5.41, 5.74) is 2.83. The van der Waals surface area contributed by atoms with Gasteiger partial charge in [0.05, 0.1) is 15.8 Å². The Kier molecular flexibility index (Phi) is 3.24. The van der Waals surface area contributed by atoms with E-state index in [1.807, 2.05) is 43.3 Å². The van der Waals surface area contributed by atoms with E-state index in [1.54, 1.807) is 23.1 Å². The molecule has 19 heavy (non-hydrogen) atoms. The minimum absolute atomic E-state index is 0.712. The molecule has 0 saturated heterocycles. The average molecular weight is 282 g/mol. The zero-order valence-electron chi connectivity index (χ0n) is 10.3. The van der Waals surface area contributed by atoms with Gasteiger partial charge in [0.15, 0.2) is 4.34 Å². The van der Waals surface area contributed by atoms with Gasteiger partial charge in [0, 0.05) is 4.90 Å². The average Bonchev–Trinajstić information content (AvgIpc) is 2.83. The molecule has 1 heterocycles. The van der Waals surface area contributed by atoms with Crippen molar-refractivity contribution >= 4 is 33.3 Å². The first-order valence-corrected chi connectivity index (χ1v) is 7.44. The van der Waals surface area contributed by atoms with Gasteiger partial charge in [0.1, 0.15) is 6.07 Å². The molecule has 2 nitrogen and oxygen atoms in total. The van der Waals surface area contributed by atoms with Gasteiger partial charge in [-0.25, -0.2) is 4.98 Å². The summed E-state index contributed by atoms with van der Waals surface area (Å²) in [6, 6.07) is 16.3. The first-order valence-electron chi connectivity index (χ1n) is 5.80. The van der Waals surface area contributed by atoms with Crippen molar-refractivity contribution in [2.24, 2.45) is 0 Å². The van der Waals surface area contributed by atoms with Crippen LogP contribution in [0, 0.1) is 18.3 Å². The van der Waals surface area contributed by atoms with E-state index < -0.39 is 0 Å². The van der Waals surface area contributed by atoms with Gasteiger partial charge >= 0.3 is 0 Å². The van der Waals surface area contributed by atoms with Gasteiger partial charge in [-0.1, -0.05) is 30.0 Å². The molecule has 0 fully saturated rings. The summed E-state index contributed by atoms with van der Waals surface area (Å²) in [5.74, 6) is 0. The number of fused-ring (bicyclic) bond motifs is 1. The molecule has 0 aliphatic carbocycles. The Balaban J connectivity index is 1.99. The number of nitriles is 1. The third kappa shape index (κ3) is 2.48. The highest BCUT2D eigenvalue weighted by atomic mass is 32.2. The van der Waals surface area contributed by atoms with E-state index in [-0.39, 0.29) is 0 Å². The van der Waals surface area contributed by atoms with Crippen LogP contribution in [0.4, 0.5) is 0 Å². The third-order valence-corrected chi connectivity index (χ3v) is 4.90. The molecule has 3 rings (SSSR count). The summed E-state index contributed by atoms with van der Waals surface area (Å²) in [5, 5.41) is 9.18. The summed E-state index contributed by atoms with van der Waals surface area (Å²) >= 11 is 3.22. The summed E-state index contributed by atoms with van der Waals surface area (Å²) in [7, 11) is 0. The SMILES string of the molecule is Cc1ccc(Sc2nc3ccccc3s2)c(C#N)c1. The molecular formula is C15H10N2S2. The van der Waals surface area contributed by atoms with Crippen molar-refractivity contribution in [2.75, 3.05) is 0 Å². The Morgan fingerprint density at radius 2 is 2.05 bits per heavy atom. The molecule has 0 atom stereocenters. The lowest BCUT2D eigenvalue weighted by molar-refractivity contribution is 1.27. The molecule has 92 valence electrons. The fraction of sp³-hybridized carbons (Fsp3) is 0.0667. The number of hydrogen-bond donors (Lipinski definition) is 0. The van der Waals surface area contributed by atoms with Crippen LogP contribution in [-0.4, -0.2) is 4.98 Å². The second-order valence-corrected chi connectivity index (χ2v) is 6.48. The van der Waals surface area contributed by atoms with Gasteiger partial charge in [-0.05, 0) is 36.8 Å². The standard InChI is InChI=1S/C15H10N2S2/c1-10-6-7-13(11(8-10)9-16)18-15-17-12-4-2-3-5-14(12)19-15/h2-8H,1H3. The van der Waals surface area contributed by atoms with E-state index in [4.69, 9.17) is 0 Å². The predicted octanol–water partition coefficient (Wildman–Crippen LogP) is 4.63. The molecule has 0 amide bonds. The highest BCUT2D eigenvalue weighted by molar-refractivity contribution is 8.01. The van der Waals surface area contributed by atoms with Crippen molar-refractivity contribution in [1.29, 1.82) is 5.26 Å². The van der Waals surface area contributed by atoms with E-state index >= 15 is 0 Å². The van der Waals surface area contributed by atoms with Crippen LogP contribution in [0.5, 0.6) is 0 Å². The van der Waals surface area contributed by atoms with E-state index in [9.17, 15) is 5.26 Å². The smallest absolute Gasteiger partial charge is 0.155 e. The summed E-state index contributed by atoms with van der Waals surface area (Å²) in [4.78, 5) is 5.54. The van der Waals surface area contributed by atoms with Crippen LogP contribution in [0.25, 0.3) is 10.2 Å². The maximum absolute atomic E-state index is 9.18. The highest BCUT2D eigenvalue weighted by Gasteiger charge is 2.08. The number of nitrogens with zero attached hydrogens (tertiary/aromatic N) is 2. The van der Waals surface area contributed by atoms with Crippen LogP contribution in [0.2, 0.25) is 0 Å². The van der Waals surface area contributed by atoms with Crippen molar-refractivity contribution in [2.45, 2.75) is 16.2 Å². The van der Waals surface area contributed by atoms with E-state index in [0.717, 1.165) is 20.3 Å². The van der Waals surface area contributed by atoms with E-state index in [2.05, 4.69) is 17.1 Å². The summed E-state index contributed by atoms with van der Waals surface area (Å²) in [6.07, 6.45) is 0. The number of benzene rings is 2. The van der Waals surface area contributed by atoms with Gasteiger partial charge in [-0.3, -0.25) is 0 Å². The zero-order valence-corrected chi connectivity index (χ0v) is 11.9. The maximum Gasteiger partial charge on any atom is 0.155 e. The summed E-state index contributed by atoms with van der Waals surface area (Å²) in [6.45, 7) is 1.99. The van der Waals surface area contributed by atoms with Crippen LogP contribution >= 0.6 is 23.1 Å². The molecule has 0 spiro atoms. The van der Waals surface area contributed by atoms with Crippen molar-refractivity contribution in [3.63, 3.8) is 0 Å². The van der Waals surface area contributed by atoms with Gasteiger partial charge in [-0.2, -0.15) is 5.26 Å². The minimum atomic E-state index is 0.712. The Hall–Kier alpha value is -1.83.